The van der Waals surface area contributed by atoms with Gasteiger partial charge in [0.05, 0.1) is 0 Å². The van der Waals surface area contributed by atoms with Gasteiger partial charge in [-0.1, -0.05) is 6.07 Å². The molecule has 1 aromatic carbocycles. The Morgan fingerprint density at radius 3 is 2.42 bits per heavy atom. The molecule has 0 spiro atoms. The molecule has 2 heterocycles. The van der Waals surface area contributed by atoms with Crippen molar-refractivity contribution in [3.05, 3.63) is 23.8 Å². The molecular weight excluding hydrogens is 329 g/mol. The van der Waals surface area contributed by atoms with Crippen LogP contribution in [-0.2, 0) is 11.3 Å². The highest BCUT2D eigenvalue weighted by molar-refractivity contribution is 5.73. The lowest BCUT2D eigenvalue weighted by Crippen LogP contribution is -2.39. The molecule has 0 aliphatic carbocycles. The highest BCUT2D eigenvalue weighted by Gasteiger charge is 2.38. The third-order valence-corrected chi connectivity index (χ3v) is 3.72. The summed E-state index contributed by atoms with van der Waals surface area (Å²) < 4.78 is 42.4. The molecule has 0 bridgehead atoms. The average molecular weight is 348 g/mol. The summed E-state index contributed by atoms with van der Waals surface area (Å²) in [5.41, 5.74) is 7.18. The predicted molar refractivity (Wildman–Crippen MR) is 78.7 cm³/mol. The van der Waals surface area contributed by atoms with Gasteiger partial charge in [0.1, 0.15) is 0 Å². The highest BCUT2D eigenvalue weighted by atomic mass is 19.4. The van der Waals surface area contributed by atoms with E-state index in [1.807, 2.05) is 6.07 Å². The first-order chi connectivity index (χ1) is 11.3. The molecule has 2 aliphatic heterocycles. The van der Waals surface area contributed by atoms with E-state index in [1.165, 1.54) is 5.56 Å². The van der Waals surface area contributed by atoms with Crippen LogP contribution >= 0.6 is 0 Å². The van der Waals surface area contributed by atoms with E-state index in [-0.39, 0.29) is 0 Å². The minimum atomic E-state index is -5.08. The van der Waals surface area contributed by atoms with Crippen LogP contribution in [0.5, 0.6) is 11.5 Å². The van der Waals surface area contributed by atoms with Crippen LogP contribution in [0.4, 0.5) is 13.2 Å². The molecule has 3 N–H and O–H groups in total. The molecule has 0 radical (unpaired) electrons. The molecule has 0 unspecified atom stereocenters. The van der Waals surface area contributed by atoms with Gasteiger partial charge < -0.3 is 20.3 Å². The number of fused-ring (bicyclic) bond motifs is 1. The first-order valence-corrected chi connectivity index (χ1v) is 7.42. The van der Waals surface area contributed by atoms with Crippen molar-refractivity contribution in [1.29, 1.82) is 0 Å². The van der Waals surface area contributed by atoms with Crippen molar-refractivity contribution in [2.75, 3.05) is 19.9 Å². The molecule has 9 heteroatoms. The Labute approximate surface area is 136 Å². The van der Waals surface area contributed by atoms with Crippen LogP contribution in [0.2, 0.25) is 0 Å². The van der Waals surface area contributed by atoms with Crippen LogP contribution in [0.1, 0.15) is 18.4 Å². The normalized spacial score (nSPS) is 18.0. The number of alkyl halides is 3. The number of nitrogens with zero attached hydrogens (tertiary/aromatic N) is 1. The van der Waals surface area contributed by atoms with Crippen LogP contribution in [-0.4, -0.2) is 48.1 Å². The first-order valence-electron chi connectivity index (χ1n) is 7.42. The smallest absolute Gasteiger partial charge is 0.475 e. The van der Waals surface area contributed by atoms with Gasteiger partial charge in [0.2, 0.25) is 6.79 Å². The second kappa shape index (κ2) is 7.71. The van der Waals surface area contributed by atoms with E-state index in [0.717, 1.165) is 44.0 Å². The Kier molecular flexibility index (Phi) is 5.89. The van der Waals surface area contributed by atoms with Gasteiger partial charge in [-0.3, -0.25) is 4.90 Å². The zero-order valence-electron chi connectivity index (χ0n) is 12.9. The summed E-state index contributed by atoms with van der Waals surface area (Å²) in [6.07, 6.45) is -2.88. The molecule has 0 saturated carbocycles. The second-order valence-corrected chi connectivity index (χ2v) is 5.60. The maximum Gasteiger partial charge on any atom is 0.490 e. The minimum absolute atomic E-state index is 0.345. The molecule has 2 aliphatic rings. The molecule has 24 heavy (non-hydrogen) atoms. The minimum Gasteiger partial charge on any atom is -0.475 e. The van der Waals surface area contributed by atoms with Crippen molar-refractivity contribution < 1.29 is 32.5 Å². The number of hydrogen-bond acceptors (Lipinski definition) is 5. The number of ether oxygens (including phenoxy) is 2. The van der Waals surface area contributed by atoms with Crippen LogP contribution < -0.4 is 15.2 Å². The summed E-state index contributed by atoms with van der Waals surface area (Å²) in [6.45, 7) is 3.51. The number of piperidine rings is 1. The lowest BCUT2D eigenvalue weighted by Gasteiger charge is -2.30. The highest BCUT2D eigenvalue weighted by Crippen LogP contribution is 2.32. The number of carbonyl (C=O) groups is 1. The number of benzene rings is 1. The molecule has 1 saturated heterocycles. The summed E-state index contributed by atoms with van der Waals surface area (Å²) in [7, 11) is 0. The van der Waals surface area contributed by atoms with E-state index in [1.54, 1.807) is 0 Å². The molecule has 6 nitrogen and oxygen atoms in total. The number of hydrogen-bond donors (Lipinski definition) is 2. The van der Waals surface area contributed by atoms with Crippen molar-refractivity contribution >= 4 is 5.97 Å². The third kappa shape index (κ3) is 5.27. The standard InChI is InChI=1S/C13H18N2O2.C2HF3O2/c14-11-3-5-15(6-4-11)8-10-1-2-12-13(7-10)17-9-16-12;3-2(4,5)1(6)7/h1-2,7,11H,3-6,8-9,14H2;(H,6,7). The van der Waals surface area contributed by atoms with Crippen LogP contribution in [0.25, 0.3) is 0 Å². The van der Waals surface area contributed by atoms with E-state index in [9.17, 15) is 13.2 Å². The van der Waals surface area contributed by atoms with Crippen molar-refractivity contribution in [2.24, 2.45) is 5.73 Å². The number of halogens is 3. The number of likely N-dealkylation sites (tertiary alicyclic amines) is 1. The molecule has 134 valence electrons. The Hall–Kier alpha value is -2.00. The van der Waals surface area contributed by atoms with Crippen molar-refractivity contribution in [3.8, 4) is 11.5 Å². The number of carboxylic acid groups (broad SMARTS) is 1. The average Bonchev–Trinajstić information content (AvgIpc) is 2.97. The lowest BCUT2D eigenvalue weighted by atomic mass is 10.1. The van der Waals surface area contributed by atoms with E-state index in [4.69, 9.17) is 25.1 Å². The molecular formula is C15H19F3N2O4. The third-order valence-electron chi connectivity index (χ3n) is 3.72. The van der Waals surface area contributed by atoms with E-state index in [0.29, 0.717) is 12.8 Å². The zero-order valence-corrected chi connectivity index (χ0v) is 12.9. The van der Waals surface area contributed by atoms with Gasteiger partial charge in [-0.25, -0.2) is 4.79 Å². The largest absolute Gasteiger partial charge is 0.490 e. The number of rotatable bonds is 2. The Morgan fingerprint density at radius 2 is 1.83 bits per heavy atom. The summed E-state index contributed by atoms with van der Waals surface area (Å²) in [5.74, 6) is -1.03. The summed E-state index contributed by atoms with van der Waals surface area (Å²) >= 11 is 0. The number of aliphatic carboxylic acids is 1. The molecule has 0 aromatic heterocycles. The maximum absolute atomic E-state index is 10.6. The second-order valence-electron chi connectivity index (χ2n) is 5.60. The van der Waals surface area contributed by atoms with Crippen LogP contribution in [0.3, 0.4) is 0 Å². The summed E-state index contributed by atoms with van der Waals surface area (Å²) in [5, 5.41) is 7.12. The summed E-state index contributed by atoms with van der Waals surface area (Å²) in [4.78, 5) is 11.3. The van der Waals surface area contributed by atoms with E-state index >= 15 is 0 Å². The maximum atomic E-state index is 10.6. The molecule has 1 aromatic rings. The van der Waals surface area contributed by atoms with Gasteiger partial charge in [0, 0.05) is 12.6 Å². The Morgan fingerprint density at radius 1 is 1.25 bits per heavy atom. The van der Waals surface area contributed by atoms with Crippen LogP contribution in [0.15, 0.2) is 18.2 Å². The van der Waals surface area contributed by atoms with Gasteiger partial charge in [-0.15, -0.1) is 0 Å². The topological polar surface area (TPSA) is 85.0 Å². The van der Waals surface area contributed by atoms with E-state index in [2.05, 4.69) is 17.0 Å². The predicted octanol–water partition coefficient (Wildman–Crippen LogP) is 1.97. The lowest BCUT2D eigenvalue weighted by molar-refractivity contribution is -0.192. The molecule has 1 fully saturated rings. The fraction of sp³-hybridized carbons (Fsp3) is 0.533. The van der Waals surface area contributed by atoms with E-state index < -0.39 is 12.1 Å². The Bertz CT molecular complexity index is 572. The fourth-order valence-corrected chi connectivity index (χ4v) is 2.41. The summed E-state index contributed by atoms with van der Waals surface area (Å²) in [6, 6.07) is 6.58. The molecule has 0 atom stereocenters. The SMILES string of the molecule is NC1CCN(Cc2ccc3c(c2)OCO3)CC1.O=C(O)C(F)(F)F. The number of carboxylic acids is 1. The van der Waals surface area contributed by atoms with Gasteiger partial charge in [0.15, 0.2) is 11.5 Å². The molecule has 0 amide bonds. The van der Waals surface area contributed by atoms with Crippen molar-refractivity contribution in [3.63, 3.8) is 0 Å². The monoisotopic (exact) mass is 348 g/mol. The van der Waals surface area contributed by atoms with Gasteiger partial charge in [0.25, 0.3) is 0 Å². The Balaban J connectivity index is 0.000000256. The zero-order chi connectivity index (χ0) is 17.7. The van der Waals surface area contributed by atoms with Gasteiger partial charge in [-0.2, -0.15) is 13.2 Å². The van der Waals surface area contributed by atoms with Crippen molar-refractivity contribution in [2.45, 2.75) is 31.6 Å². The quantitative estimate of drug-likeness (QED) is 0.850. The van der Waals surface area contributed by atoms with Crippen molar-refractivity contribution in [1.82, 2.24) is 4.90 Å². The fourth-order valence-electron chi connectivity index (χ4n) is 2.41. The van der Waals surface area contributed by atoms with Gasteiger partial charge >= 0.3 is 12.1 Å². The first kappa shape index (κ1) is 18.3. The molecule has 3 rings (SSSR count). The van der Waals surface area contributed by atoms with Crippen LogP contribution in [0, 0.1) is 0 Å². The van der Waals surface area contributed by atoms with Gasteiger partial charge in [-0.05, 0) is 43.6 Å². The number of nitrogens with two attached hydrogens (primary N) is 1.